The number of anilines is 1. The van der Waals surface area contributed by atoms with Gasteiger partial charge in [0.05, 0.1) is 11.4 Å². The molecule has 0 saturated heterocycles. The van der Waals surface area contributed by atoms with Crippen LogP contribution in [0.15, 0.2) is 59.5 Å². The zero-order valence-corrected chi connectivity index (χ0v) is 17.4. The summed E-state index contributed by atoms with van der Waals surface area (Å²) in [6.07, 6.45) is 0. The molecule has 9 heteroatoms. The van der Waals surface area contributed by atoms with E-state index in [1.54, 1.807) is 38.1 Å². The summed E-state index contributed by atoms with van der Waals surface area (Å²) in [5.41, 5.74) is 0.427. The number of carbonyl (C=O) groups excluding carboxylic acids is 2. The summed E-state index contributed by atoms with van der Waals surface area (Å²) in [4.78, 5) is 23.9. The molecule has 0 saturated carbocycles. The maximum atomic E-state index is 12.4. The van der Waals surface area contributed by atoms with Gasteiger partial charge >= 0.3 is 0 Å². The smallest absolute Gasteiger partial charge is 0.258 e. The Morgan fingerprint density at radius 3 is 2.21 bits per heavy atom. The summed E-state index contributed by atoms with van der Waals surface area (Å²) in [5.74, 6) is -0.305. The number of amides is 2. The summed E-state index contributed by atoms with van der Waals surface area (Å²) in [7, 11) is -2.07. The van der Waals surface area contributed by atoms with Gasteiger partial charge in [0, 0.05) is 18.8 Å². The van der Waals surface area contributed by atoms with Crippen LogP contribution in [0.4, 0.5) is 5.69 Å². The molecule has 0 heterocycles. The molecule has 0 spiro atoms. The number of rotatable bonds is 9. The van der Waals surface area contributed by atoms with Crippen LogP contribution in [-0.2, 0) is 19.6 Å². The normalized spacial score (nSPS) is 11.3. The average Bonchev–Trinajstić information content (AvgIpc) is 2.71. The molecule has 0 atom stereocenters. The fourth-order valence-electron chi connectivity index (χ4n) is 2.25. The summed E-state index contributed by atoms with van der Waals surface area (Å²) in [6, 6.07) is 14.5. The molecule has 2 rings (SSSR count). The van der Waals surface area contributed by atoms with E-state index in [1.807, 2.05) is 6.07 Å². The molecule has 2 aromatic carbocycles. The number of para-hydroxylation sites is 1. The van der Waals surface area contributed by atoms with Crippen molar-refractivity contribution >= 4 is 27.5 Å². The summed E-state index contributed by atoms with van der Waals surface area (Å²) < 4.78 is 31.4. The van der Waals surface area contributed by atoms with Gasteiger partial charge in [0.25, 0.3) is 5.91 Å². The molecule has 0 radical (unpaired) electrons. The Labute approximate surface area is 170 Å². The predicted molar refractivity (Wildman–Crippen MR) is 110 cm³/mol. The van der Waals surface area contributed by atoms with Gasteiger partial charge < -0.3 is 15.4 Å². The highest BCUT2D eigenvalue weighted by Gasteiger charge is 2.22. The van der Waals surface area contributed by atoms with Crippen molar-refractivity contribution in [2.24, 2.45) is 0 Å². The van der Waals surface area contributed by atoms with E-state index in [-0.39, 0.29) is 24.1 Å². The van der Waals surface area contributed by atoms with Crippen LogP contribution in [0.25, 0.3) is 0 Å². The SMILES string of the molecule is CC(C)N(C)S(=O)(=O)c1ccc(NC(=O)CNC(=O)COc2ccccc2)cc1. The van der Waals surface area contributed by atoms with Gasteiger partial charge in [-0.05, 0) is 50.2 Å². The molecule has 8 nitrogen and oxygen atoms in total. The van der Waals surface area contributed by atoms with Gasteiger partial charge in [-0.2, -0.15) is 4.31 Å². The first-order valence-corrected chi connectivity index (χ1v) is 10.5. The first kappa shape index (κ1) is 22.4. The predicted octanol–water partition coefficient (Wildman–Crippen LogP) is 1.85. The highest BCUT2D eigenvalue weighted by atomic mass is 32.2. The molecule has 29 heavy (non-hydrogen) atoms. The van der Waals surface area contributed by atoms with E-state index in [0.717, 1.165) is 0 Å². The Balaban J connectivity index is 1.82. The zero-order valence-electron chi connectivity index (χ0n) is 16.6. The van der Waals surface area contributed by atoms with Crippen LogP contribution < -0.4 is 15.4 Å². The van der Waals surface area contributed by atoms with E-state index in [0.29, 0.717) is 11.4 Å². The van der Waals surface area contributed by atoms with Crippen LogP contribution in [0.2, 0.25) is 0 Å². The highest BCUT2D eigenvalue weighted by Crippen LogP contribution is 2.19. The van der Waals surface area contributed by atoms with Gasteiger partial charge in [-0.25, -0.2) is 8.42 Å². The minimum absolute atomic E-state index is 0.137. The zero-order chi connectivity index (χ0) is 21.4. The number of hydrogen-bond donors (Lipinski definition) is 2. The molecular formula is C20H25N3O5S. The lowest BCUT2D eigenvalue weighted by molar-refractivity contribution is -0.125. The van der Waals surface area contributed by atoms with Crippen LogP contribution in [0, 0.1) is 0 Å². The van der Waals surface area contributed by atoms with Crippen molar-refractivity contribution in [2.75, 3.05) is 25.5 Å². The average molecular weight is 420 g/mol. The molecule has 0 aliphatic carbocycles. The summed E-state index contributed by atoms with van der Waals surface area (Å²) >= 11 is 0. The fraction of sp³-hybridized carbons (Fsp3) is 0.300. The molecule has 0 aliphatic heterocycles. The van der Waals surface area contributed by atoms with Crippen LogP contribution in [0.1, 0.15) is 13.8 Å². The number of hydrogen-bond acceptors (Lipinski definition) is 5. The van der Waals surface area contributed by atoms with Crippen molar-refractivity contribution in [1.29, 1.82) is 0 Å². The summed E-state index contributed by atoms with van der Waals surface area (Å²) in [6.45, 7) is 3.14. The Morgan fingerprint density at radius 2 is 1.62 bits per heavy atom. The third-order valence-electron chi connectivity index (χ3n) is 4.10. The number of benzene rings is 2. The van der Waals surface area contributed by atoms with Gasteiger partial charge in [-0.1, -0.05) is 18.2 Å². The van der Waals surface area contributed by atoms with E-state index >= 15 is 0 Å². The van der Waals surface area contributed by atoms with E-state index in [1.165, 1.54) is 35.6 Å². The Hall–Kier alpha value is -2.91. The number of nitrogens with one attached hydrogen (secondary N) is 2. The second kappa shape index (κ2) is 10.0. The molecule has 2 N–H and O–H groups in total. The number of ether oxygens (including phenoxy) is 1. The molecule has 0 aromatic heterocycles. The first-order valence-electron chi connectivity index (χ1n) is 9.02. The van der Waals surface area contributed by atoms with Gasteiger partial charge in [0.15, 0.2) is 6.61 Å². The van der Waals surface area contributed by atoms with E-state index in [4.69, 9.17) is 4.74 Å². The lowest BCUT2D eigenvalue weighted by Gasteiger charge is -2.21. The van der Waals surface area contributed by atoms with Crippen LogP contribution in [0.3, 0.4) is 0 Å². The molecule has 0 aliphatic rings. The Kier molecular flexibility index (Phi) is 7.74. The van der Waals surface area contributed by atoms with E-state index in [2.05, 4.69) is 10.6 Å². The number of carbonyl (C=O) groups is 2. The minimum Gasteiger partial charge on any atom is -0.484 e. The number of nitrogens with zero attached hydrogens (tertiary/aromatic N) is 1. The first-order chi connectivity index (χ1) is 13.7. The molecular weight excluding hydrogens is 394 g/mol. The Bertz CT molecular complexity index is 928. The third kappa shape index (κ3) is 6.58. The van der Waals surface area contributed by atoms with Crippen LogP contribution in [-0.4, -0.2) is 50.8 Å². The summed E-state index contributed by atoms with van der Waals surface area (Å²) in [5, 5.41) is 5.06. The van der Waals surface area contributed by atoms with E-state index in [9.17, 15) is 18.0 Å². The molecule has 2 aromatic rings. The number of sulfonamides is 1. The lowest BCUT2D eigenvalue weighted by atomic mass is 10.3. The Morgan fingerprint density at radius 1 is 1.00 bits per heavy atom. The van der Waals surface area contributed by atoms with Crippen LogP contribution in [0.5, 0.6) is 5.75 Å². The van der Waals surface area contributed by atoms with Crippen molar-refractivity contribution in [3.63, 3.8) is 0 Å². The molecule has 156 valence electrons. The topological polar surface area (TPSA) is 105 Å². The monoisotopic (exact) mass is 419 g/mol. The van der Waals surface area contributed by atoms with Gasteiger partial charge in [-0.15, -0.1) is 0 Å². The van der Waals surface area contributed by atoms with Gasteiger partial charge in [0.2, 0.25) is 15.9 Å². The van der Waals surface area contributed by atoms with Crippen molar-refractivity contribution in [3.05, 3.63) is 54.6 Å². The lowest BCUT2D eigenvalue weighted by Crippen LogP contribution is -2.35. The molecule has 2 amide bonds. The molecule has 0 unspecified atom stereocenters. The second-order valence-electron chi connectivity index (χ2n) is 6.57. The largest absolute Gasteiger partial charge is 0.484 e. The molecule has 0 fully saturated rings. The quantitative estimate of drug-likeness (QED) is 0.645. The standard InChI is InChI=1S/C20H25N3O5S/c1-15(2)23(3)29(26,27)18-11-9-16(10-12-18)22-19(24)13-21-20(25)14-28-17-7-5-4-6-8-17/h4-12,15H,13-14H2,1-3H3,(H,21,25)(H,22,24). The molecule has 0 bridgehead atoms. The van der Waals surface area contributed by atoms with Crippen molar-refractivity contribution in [2.45, 2.75) is 24.8 Å². The van der Waals surface area contributed by atoms with Crippen molar-refractivity contribution < 1.29 is 22.7 Å². The second-order valence-corrected chi connectivity index (χ2v) is 8.56. The maximum absolute atomic E-state index is 12.4. The fourth-order valence-corrected chi connectivity index (χ4v) is 3.62. The van der Waals surface area contributed by atoms with Crippen molar-refractivity contribution in [3.8, 4) is 5.75 Å². The maximum Gasteiger partial charge on any atom is 0.258 e. The van der Waals surface area contributed by atoms with Gasteiger partial charge in [0.1, 0.15) is 5.75 Å². The highest BCUT2D eigenvalue weighted by molar-refractivity contribution is 7.89. The van der Waals surface area contributed by atoms with E-state index < -0.39 is 21.8 Å². The minimum atomic E-state index is -3.58. The van der Waals surface area contributed by atoms with Gasteiger partial charge in [-0.3, -0.25) is 9.59 Å². The van der Waals surface area contributed by atoms with Crippen LogP contribution >= 0.6 is 0 Å². The third-order valence-corrected chi connectivity index (χ3v) is 6.15. The van der Waals surface area contributed by atoms with Crippen molar-refractivity contribution in [1.82, 2.24) is 9.62 Å².